The molecule has 0 spiro atoms. The molecule has 0 atom stereocenters. The van der Waals surface area contributed by atoms with Crippen LogP contribution in [0.15, 0.2) is 42.6 Å². The van der Waals surface area contributed by atoms with Crippen molar-refractivity contribution < 1.29 is 14.6 Å². The summed E-state index contributed by atoms with van der Waals surface area (Å²) in [5.74, 6) is 0.562. The number of ether oxygens (including phenoxy) is 1. The van der Waals surface area contributed by atoms with Gasteiger partial charge in [0.05, 0.1) is 23.4 Å². The minimum atomic E-state index is -0.117. The first kappa shape index (κ1) is 25.0. The lowest BCUT2D eigenvalue weighted by Crippen LogP contribution is -2.36. The molecule has 2 aromatic carbocycles. The fraction of sp³-hybridized carbons (Fsp3) is 0.448. The number of ketones is 1. The summed E-state index contributed by atoms with van der Waals surface area (Å²) in [5, 5.41) is 14.8. The summed E-state index contributed by atoms with van der Waals surface area (Å²) in [6.07, 6.45) is 6.14. The van der Waals surface area contributed by atoms with E-state index >= 15 is 0 Å². The highest BCUT2D eigenvalue weighted by Gasteiger charge is 2.25. The molecule has 0 amide bonds. The minimum absolute atomic E-state index is 0.0950. The smallest absolute Gasteiger partial charge is 0.169 e. The first-order valence-corrected chi connectivity index (χ1v) is 12.6. The van der Waals surface area contributed by atoms with Gasteiger partial charge < -0.3 is 20.1 Å². The molecule has 1 aromatic heterocycles. The number of hydrogen-bond donors (Lipinski definition) is 2. The third-order valence-corrected chi connectivity index (χ3v) is 7.03. The predicted molar refractivity (Wildman–Crippen MR) is 143 cm³/mol. The van der Waals surface area contributed by atoms with Gasteiger partial charge in [-0.1, -0.05) is 26.0 Å². The van der Waals surface area contributed by atoms with Gasteiger partial charge in [0, 0.05) is 29.6 Å². The van der Waals surface area contributed by atoms with Crippen LogP contribution < -0.4 is 10.1 Å². The van der Waals surface area contributed by atoms with Gasteiger partial charge >= 0.3 is 0 Å². The Hall–Kier alpha value is -3.12. The number of hydrogen-bond acceptors (Lipinski definition) is 6. The van der Waals surface area contributed by atoms with Gasteiger partial charge in [-0.2, -0.15) is 0 Å². The van der Waals surface area contributed by atoms with Crippen LogP contribution in [0.3, 0.4) is 0 Å². The number of fused-ring (bicyclic) bond motifs is 1. The number of aromatic nitrogens is 1. The van der Waals surface area contributed by atoms with Gasteiger partial charge in [-0.3, -0.25) is 9.78 Å². The lowest BCUT2D eigenvalue weighted by molar-refractivity contribution is 0.0940. The first-order chi connectivity index (χ1) is 16.8. The summed E-state index contributed by atoms with van der Waals surface area (Å²) in [7, 11) is 4.30. The van der Waals surface area contributed by atoms with Crippen LogP contribution in [-0.4, -0.2) is 53.6 Å². The fourth-order valence-electron chi connectivity index (χ4n) is 4.93. The number of benzene rings is 2. The van der Waals surface area contributed by atoms with E-state index in [0.717, 1.165) is 53.4 Å². The normalized spacial score (nSPS) is 18.3. The van der Waals surface area contributed by atoms with Gasteiger partial charge in [-0.15, -0.1) is 0 Å². The number of anilines is 1. The lowest BCUT2D eigenvalue weighted by atomic mass is 9.89. The quantitative estimate of drug-likeness (QED) is 0.382. The number of aromatic hydroxyl groups is 1. The molecule has 1 fully saturated rings. The Morgan fingerprint density at radius 1 is 1.11 bits per heavy atom. The Labute approximate surface area is 208 Å². The van der Waals surface area contributed by atoms with Crippen LogP contribution in [0, 0.1) is 5.92 Å². The Morgan fingerprint density at radius 2 is 1.80 bits per heavy atom. The zero-order valence-corrected chi connectivity index (χ0v) is 21.5. The highest BCUT2D eigenvalue weighted by atomic mass is 16.5. The molecule has 3 aromatic rings. The van der Waals surface area contributed by atoms with Gasteiger partial charge in [-0.25, -0.2) is 0 Å². The second-order valence-electron chi connectivity index (χ2n) is 10.0. The van der Waals surface area contributed by atoms with Gasteiger partial charge in [0.1, 0.15) is 0 Å². The number of nitrogens with one attached hydrogen (secondary N) is 1. The Bertz CT molecular complexity index is 1200. The monoisotopic (exact) mass is 475 g/mol. The number of Topliss-reactive ketones (excluding diaryl/α,β-unsaturated/α-hetero) is 1. The summed E-state index contributed by atoms with van der Waals surface area (Å²) >= 11 is 0. The molecule has 0 unspecified atom stereocenters. The van der Waals surface area contributed by atoms with Gasteiger partial charge in [0.25, 0.3) is 0 Å². The van der Waals surface area contributed by atoms with Gasteiger partial charge in [-0.05, 0) is 82.1 Å². The third kappa shape index (κ3) is 5.43. The first-order valence-electron chi connectivity index (χ1n) is 12.6. The molecule has 186 valence electrons. The average Bonchev–Trinajstić information content (AvgIpc) is 2.85. The molecular formula is C29H37N3O3. The summed E-state index contributed by atoms with van der Waals surface area (Å²) in [4.78, 5) is 20.1. The predicted octanol–water partition coefficient (Wildman–Crippen LogP) is 6.13. The molecular weight excluding hydrogens is 438 g/mol. The molecule has 0 aliphatic heterocycles. The van der Waals surface area contributed by atoms with Crippen LogP contribution >= 0.6 is 0 Å². The van der Waals surface area contributed by atoms with Crippen molar-refractivity contribution in [1.82, 2.24) is 9.88 Å². The summed E-state index contributed by atoms with van der Waals surface area (Å²) in [6.45, 7) is 6.23. The maximum atomic E-state index is 13.2. The molecule has 1 aliphatic rings. The van der Waals surface area contributed by atoms with Crippen LogP contribution in [0.4, 0.5) is 5.69 Å². The number of phenolic OH excluding ortho intramolecular Hbond substituents is 1. The van der Waals surface area contributed by atoms with E-state index in [1.807, 2.05) is 45.0 Å². The van der Waals surface area contributed by atoms with Crippen LogP contribution in [0.5, 0.6) is 11.5 Å². The fourth-order valence-corrected chi connectivity index (χ4v) is 4.93. The maximum absolute atomic E-state index is 13.2. The highest BCUT2D eigenvalue weighted by molar-refractivity contribution is 6.09. The summed E-state index contributed by atoms with van der Waals surface area (Å²) < 4.78 is 5.59. The van der Waals surface area contributed by atoms with E-state index in [1.165, 1.54) is 0 Å². The molecule has 0 bridgehead atoms. The number of nitrogens with zero attached hydrogens (tertiary/aromatic N) is 2. The van der Waals surface area contributed by atoms with Crippen LogP contribution in [-0.2, 0) is 0 Å². The molecule has 6 heteroatoms. The molecule has 35 heavy (non-hydrogen) atoms. The molecule has 2 N–H and O–H groups in total. The third-order valence-electron chi connectivity index (χ3n) is 7.03. The van der Waals surface area contributed by atoms with Crippen LogP contribution in [0.2, 0.25) is 0 Å². The molecule has 4 rings (SSSR count). The van der Waals surface area contributed by atoms with Crippen molar-refractivity contribution in [2.75, 3.05) is 26.0 Å². The van der Waals surface area contributed by atoms with Gasteiger partial charge in [0.15, 0.2) is 17.3 Å². The SMILES string of the molecule is CCOc1cc(-c2ccc3ncc(C(=O)C(C)C)c(N[C@H]4CC[C@H](N(C)C)CC4)c3c2)ccc1O. The lowest BCUT2D eigenvalue weighted by Gasteiger charge is -2.34. The van der Waals surface area contributed by atoms with Crippen molar-refractivity contribution in [2.24, 2.45) is 5.92 Å². The maximum Gasteiger partial charge on any atom is 0.169 e. The standard InChI is InChI=1S/C29H37N3O3/c1-6-35-27-16-20(8-14-26(27)33)19-7-13-25-23(15-19)28(24(17-30-25)29(34)18(2)3)31-21-9-11-22(12-10-21)32(4)5/h7-8,13-18,21-22,33H,6,9-12H2,1-5H3,(H,30,31)/t21-,22-. The highest BCUT2D eigenvalue weighted by Crippen LogP contribution is 2.36. The summed E-state index contributed by atoms with van der Waals surface area (Å²) in [6, 6.07) is 12.4. The van der Waals surface area contributed by atoms with Crippen molar-refractivity contribution in [3.8, 4) is 22.6 Å². The van der Waals surface area contributed by atoms with Crippen molar-refractivity contribution in [3.63, 3.8) is 0 Å². The number of phenols is 1. The molecule has 1 heterocycles. The Morgan fingerprint density at radius 3 is 2.46 bits per heavy atom. The average molecular weight is 476 g/mol. The van der Waals surface area contributed by atoms with Crippen LogP contribution in [0.1, 0.15) is 56.8 Å². The van der Waals surface area contributed by atoms with Crippen LogP contribution in [0.25, 0.3) is 22.0 Å². The second kappa shape index (κ2) is 10.6. The van der Waals surface area contributed by atoms with Crippen molar-refractivity contribution in [2.45, 2.75) is 58.5 Å². The molecule has 6 nitrogen and oxygen atoms in total. The zero-order chi connectivity index (χ0) is 25.1. The van der Waals surface area contributed by atoms with E-state index in [1.54, 1.807) is 12.3 Å². The van der Waals surface area contributed by atoms with Crippen molar-refractivity contribution >= 4 is 22.4 Å². The molecule has 1 saturated carbocycles. The topological polar surface area (TPSA) is 74.7 Å². The Kier molecular flexibility index (Phi) is 7.60. The van der Waals surface area contributed by atoms with Gasteiger partial charge in [0.2, 0.25) is 0 Å². The second-order valence-corrected chi connectivity index (χ2v) is 10.0. The number of pyridine rings is 1. The van der Waals surface area contributed by atoms with E-state index in [-0.39, 0.29) is 17.5 Å². The molecule has 1 aliphatic carbocycles. The number of carbonyl (C=O) groups is 1. The zero-order valence-electron chi connectivity index (χ0n) is 21.5. The number of rotatable bonds is 8. The van der Waals surface area contributed by atoms with E-state index < -0.39 is 0 Å². The van der Waals surface area contributed by atoms with Crippen molar-refractivity contribution in [1.29, 1.82) is 0 Å². The van der Waals surface area contributed by atoms with E-state index in [0.29, 0.717) is 30.0 Å². The molecule has 0 saturated heterocycles. The van der Waals surface area contributed by atoms with E-state index in [4.69, 9.17) is 4.74 Å². The van der Waals surface area contributed by atoms with Crippen molar-refractivity contribution in [3.05, 3.63) is 48.2 Å². The summed E-state index contributed by atoms with van der Waals surface area (Å²) in [5.41, 5.74) is 4.30. The van der Waals surface area contributed by atoms with E-state index in [9.17, 15) is 9.90 Å². The minimum Gasteiger partial charge on any atom is -0.504 e. The largest absolute Gasteiger partial charge is 0.504 e. The Balaban J connectivity index is 1.77. The number of carbonyl (C=O) groups excluding carboxylic acids is 1. The molecule has 0 radical (unpaired) electrons. The van der Waals surface area contributed by atoms with E-state index in [2.05, 4.69) is 35.4 Å².